The lowest BCUT2D eigenvalue weighted by Gasteiger charge is -2.48. The highest BCUT2D eigenvalue weighted by atomic mass is 31.1. The summed E-state index contributed by atoms with van der Waals surface area (Å²) >= 11 is 0. The van der Waals surface area contributed by atoms with E-state index in [9.17, 15) is 0 Å². The van der Waals surface area contributed by atoms with E-state index in [1.165, 1.54) is 41.3 Å². The van der Waals surface area contributed by atoms with E-state index in [1.54, 1.807) is 0 Å². The molecule has 6 bridgehead atoms. The lowest BCUT2D eigenvalue weighted by Crippen LogP contribution is -2.65. The van der Waals surface area contributed by atoms with Gasteiger partial charge < -0.3 is 26.6 Å². The van der Waals surface area contributed by atoms with E-state index in [-0.39, 0.29) is 37.9 Å². The molecule has 2 aromatic carbocycles. The molecule has 9 atom stereocenters. The molecule has 10 heteroatoms. The minimum absolute atomic E-state index is 0.0681. The number of fused-ring (bicyclic) bond motifs is 7. The third kappa shape index (κ3) is 5.61. The van der Waals surface area contributed by atoms with Gasteiger partial charge in [0, 0.05) is 12.1 Å². The maximum absolute atomic E-state index is 7.05. The quantitative estimate of drug-likeness (QED) is 0.218. The molecule has 44 heavy (non-hydrogen) atoms. The fraction of sp³-hybridized carbons (Fsp3) is 0.647. The van der Waals surface area contributed by atoms with Crippen molar-refractivity contribution >= 4 is 44.2 Å². The van der Waals surface area contributed by atoms with E-state index in [0.717, 1.165) is 37.8 Å². The monoisotopic (exact) mass is 670 g/mol. The van der Waals surface area contributed by atoms with Crippen molar-refractivity contribution in [3.05, 3.63) is 60.7 Å². The van der Waals surface area contributed by atoms with Gasteiger partial charge >= 0.3 is 17.6 Å². The van der Waals surface area contributed by atoms with Crippen LogP contribution in [0.15, 0.2) is 60.7 Å². The first-order valence-electron chi connectivity index (χ1n) is 17.1. The van der Waals surface area contributed by atoms with E-state index < -0.39 is 31.3 Å². The highest BCUT2D eigenvalue weighted by Crippen LogP contribution is 2.57. The molecule has 5 saturated heterocycles. The Bertz CT molecular complexity index is 1270. The SMILES string of the molecule is CCC1O[Si]23CCC[Si](C)(CCCP(c4ccccc4)c4ccccc4)CCC[Si]45OC(C(O4)C(C)(O2)C1O3)C(C)(CC)O5. The van der Waals surface area contributed by atoms with Gasteiger partial charge in [0.15, 0.2) is 0 Å². The van der Waals surface area contributed by atoms with E-state index in [4.69, 9.17) is 26.6 Å². The molecule has 0 radical (unpaired) electrons. The molecule has 0 N–H and O–H groups in total. The predicted molar refractivity (Wildman–Crippen MR) is 184 cm³/mol. The summed E-state index contributed by atoms with van der Waals surface area (Å²) in [5.74, 6) is 0. The number of benzene rings is 2. The Morgan fingerprint density at radius 3 is 1.89 bits per heavy atom. The summed E-state index contributed by atoms with van der Waals surface area (Å²) in [6.45, 7) is 11.5. The maximum atomic E-state index is 7.05. The van der Waals surface area contributed by atoms with Crippen LogP contribution in [0.1, 0.15) is 59.8 Å². The highest BCUT2D eigenvalue weighted by molar-refractivity contribution is 7.73. The minimum atomic E-state index is -2.82. The molecule has 5 aliphatic heterocycles. The van der Waals surface area contributed by atoms with Gasteiger partial charge in [-0.05, 0) is 51.4 Å². The van der Waals surface area contributed by atoms with Gasteiger partial charge in [0.05, 0.1) is 19.8 Å². The fourth-order valence-corrected chi connectivity index (χ4v) is 22.9. The second kappa shape index (κ2) is 12.1. The van der Waals surface area contributed by atoms with Crippen LogP contribution in [0.3, 0.4) is 0 Å². The summed E-state index contributed by atoms with van der Waals surface area (Å²) < 4.78 is 41.4. The van der Waals surface area contributed by atoms with E-state index in [1.807, 2.05) is 0 Å². The average Bonchev–Trinajstić information content (AvgIpc) is 3.75. The van der Waals surface area contributed by atoms with Crippen LogP contribution in [-0.2, 0) is 26.6 Å². The molecule has 240 valence electrons. The van der Waals surface area contributed by atoms with Crippen LogP contribution >= 0.6 is 7.92 Å². The molecule has 0 amide bonds. The fourth-order valence-electron chi connectivity index (χ4n) is 8.63. The van der Waals surface area contributed by atoms with Gasteiger partial charge in [0.2, 0.25) is 0 Å². The second-order valence-corrected chi connectivity index (χ2v) is 27.1. The van der Waals surface area contributed by atoms with Crippen LogP contribution in [0.5, 0.6) is 0 Å². The highest BCUT2D eigenvalue weighted by Gasteiger charge is 2.77. The predicted octanol–water partition coefficient (Wildman–Crippen LogP) is 7.23. The molecular formula is C34H51O6PSi3. The first-order valence-corrected chi connectivity index (χ1v) is 25.6. The largest absolute Gasteiger partial charge is 0.502 e. The summed E-state index contributed by atoms with van der Waals surface area (Å²) in [4.78, 5) is 0. The third-order valence-corrected chi connectivity index (χ3v) is 24.5. The molecule has 2 aromatic rings. The molecule has 2 spiro atoms. The third-order valence-electron chi connectivity index (χ3n) is 11.3. The Hall–Kier alpha value is -0.719. The van der Waals surface area contributed by atoms with E-state index in [0.29, 0.717) is 0 Å². The van der Waals surface area contributed by atoms with Crippen LogP contribution in [-0.4, -0.2) is 67.5 Å². The van der Waals surface area contributed by atoms with Crippen LogP contribution in [0, 0.1) is 0 Å². The van der Waals surface area contributed by atoms with Gasteiger partial charge in [-0.15, -0.1) is 0 Å². The lowest BCUT2D eigenvalue weighted by atomic mass is 9.80. The van der Waals surface area contributed by atoms with Gasteiger partial charge in [0.1, 0.15) is 23.9 Å². The molecule has 7 rings (SSSR count). The second-order valence-electron chi connectivity index (χ2n) is 14.5. The molecule has 5 fully saturated rings. The normalized spacial score (nSPS) is 43.1. The Balaban J connectivity index is 1.12. The van der Waals surface area contributed by atoms with Crippen molar-refractivity contribution in [2.24, 2.45) is 0 Å². The Morgan fingerprint density at radius 1 is 0.727 bits per heavy atom. The van der Waals surface area contributed by atoms with Crippen LogP contribution in [0.4, 0.5) is 0 Å². The zero-order valence-electron chi connectivity index (χ0n) is 27.3. The van der Waals surface area contributed by atoms with Crippen molar-refractivity contribution in [2.45, 2.75) is 132 Å². The molecule has 5 heterocycles. The van der Waals surface area contributed by atoms with Crippen molar-refractivity contribution in [3.8, 4) is 0 Å². The standard InChI is InChI=1S/C34H51O6PSi3/c1-6-29-30-34(4)32-31-33(3,7-2)39-44(37-31,38-32)26-16-24-42(5,23-15-25-43(35-29,36-30)40-34)22-14-21-41(27-17-10-8-11-18-27)28-19-12-9-13-20-28/h8-13,17-20,29-32H,6-7,14-16,21-26H2,1-5H3. The van der Waals surface area contributed by atoms with Gasteiger partial charge in [-0.3, -0.25) is 0 Å². The van der Waals surface area contributed by atoms with Crippen LogP contribution in [0.25, 0.3) is 0 Å². The van der Waals surface area contributed by atoms with E-state index >= 15 is 0 Å². The molecule has 0 aliphatic carbocycles. The van der Waals surface area contributed by atoms with Gasteiger partial charge in [-0.2, -0.15) is 0 Å². The summed E-state index contributed by atoms with van der Waals surface area (Å²) in [6, 6.07) is 28.1. The van der Waals surface area contributed by atoms with Crippen molar-refractivity contribution in [2.75, 3.05) is 6.16 Å². The molecule has 0 saturated carbocycles. The lowest BCUT2D eigenvalue weighted by molar-refractivity contribution is -0.154. The summed E-state index contributed by atoms with van der Waals surface area (Å²) in [5, 5.41) is 2.97. The minimum Gasteiger partial charge on any atom is -0.368 e. The molecule has 9 unspecified atom stereocenters. The number of hydrogen-bond acceptors (Lipinski definition) is 6. The Morgan fingerprint density at radius 2 is 1.30 bits per heavy atom. The summed E-state index contributed by atoms with van der Waals surface area (Å²) in [5.41, 5.74) is -0.890. The summed E-state index contributed by atoms with van der Waals surface area (Å²) in [7, 11) is -7.56. The van der Waals surface area contributed by atoms with E-state index in [2.05, 4.69) is 94.9 Å². The first-order chi connectivity index (χ1) is 21.1. The van der Waals surface area contributed by atoms with Crippen LogP contribution < -0.4 is 10.6 Å². The van der Waals surface area contributed by atoms with Gasteiger partial charge in [-0.25, -0.2) is 0 Å². The molecule has 6 nitrogen and oxygen atoms in total. The first kappa shape index (κ1) is 31.9. The smallest absolute Gasteiger partial charge is 0.368 e. The van der Waals surface area contributed by atoms with Gasteiger partial charge in [0.25, 0.3) is 0 Å². The zero-order chi connectivity index (χ0) is 30.6. The zero-order valence-corrected chi connectivity index (χ0v) is 31.2. The molecular weight excluding hydrogens is 620 g/mol. The van der Waals surface area contributed by atoms with Crippen molar-refractivity contribution in [1.82, 2.24) is 0 Å². The number of rotatable bonds is 8. The Labute approximate surface area is 269 Å². The van der Waals surface area contributed by atoms with Crippen molar-refractivity contribution in [1.29, 1.82) is 0 Å². The maximum Gasteiger partial charge on any atom is 0.502 e. The van der Waals surface area contributed by atoms with Crippen LogP contribution in [0.2, 0.25) is 36.8 Å². The number of hydrogen-bond donors (Lipinski definition) is 0. The van der Waals surface area contributed by atoms with Crippen molar-refractivity contribution < 1.29 is 26.6 Å². The Kier molecular flexibility index (Phi) is 8.74. The van der Waals surface area contributed by atoms with Gasteiger partial charge in [-0.1, -0.05) is 118 Å². The molecule has 0 aromatic heterocycles. The topological polar surface area (TPSA) is 55.4 Å². The molecule has 5 aliphatic rings. The van der Waals surface area contributed by atoms with Crippen molar-refractivity contribution in [3.63, 3.8) is 0 Å². The summed E-state index contributed by atoms with van der Waals surface area (Å²) in [6.07, 6.45) is 6.31. The average molecular weight is 671 g/mol.